The van der Waals surface area contributed by atoms with E-state index in [0.29, 0.717) is 5.69 Å². The third kappa shape index (κ3) is 4.27. The summed E-state index contributed by atoms with van der Waals surface area (Å²) in [5, 5.41) is 15.0. The van der Waals surface area contributed by atoms with Gasteiger partial charge in [-0.05, 0) is 19.9 Å². The molecule has 0 radical (unpaired) electrons. The molecular weight excluding hydrogens is 310 g/mol. The second kappa shape index (κ2) is 6.68. The van der Waals surface area contributed by atoms with Crippen molar-refractivity contribution < 1.29 is 9.72 Å². The average molecular weight is 323 g/mol. The van der Waals surface area contributed by atoms with Crippen molar-refractivity contribution in [3.63, 3.8) is 0 Å². The number of nitro groups is 1. The zero-order chi connectivity index (χ0) is 15.4. The molecule has 0 saturated heterocycles. The highest BCUT2D eigenvalue weighted by Crippen LogP contribution is 2.27. The highest BCUT2D eigenvalue weighted by atomic mass is 32.2. The Morgan fingerprint density at radius 3 is 2.90 bits per heavy atom. The Labute approximate surface area is 129 Å². The highest BCUT2D eigenvalue weighted by molar-refractivity contribution is 8.02. The number of benzene rings is 1. The van der Waals surface area contributed by atoms with E-state index < -0.39 is 4.92 Å². The topological polar surface area (TPSA) is 85.1 Å². The highest BCUT2D eigenvalue weighted by Gasteiger charge is 2.17. The van der Waals surface area contributed by atoms with Gasteiger partial charge in [0.2, 0.25) is 5.91 Å². The normalized spacial score (nSPS) is 11.9. The van der Waals surface area contributed by atoms with Gasteiger partial charge in [0.1, 0.15) is 0 Å². The Morgan fingerprint density at radius 1 is 1.52 bits per heavy atom. The molecular formula is C13H13N3O3S2. The van der Waals surface area contributed by atoms with Crippen LogP contribution in [0.4, 0.5) is 11.4 Å². The molecule has 1 aromatic carbocycles. The van der Waals surface area contributed by atoms with Gasteiger partial charge in [0.25, 0.3) is 5.69 Å². The van der Waals surface area contributed by atoms with Crippen LogP contribution in [-0.4, -0.2) is 21.1 Å². The number of aromatic nitrogens is 1. The van der Waals surface area contributed by atoms with Crippen molar-refractivity contribution in [2.24, 2.45) is 0 Å². The number of anilines is 1. The smallest absolute Gasteiger partial charge is 0.271 e. The van der Waals surface area contributed by atoms with Crippen LogP contribution in [0.3, 0.4) is 0 Å². The maximum atomic E-state index is 12.1. The van der Waals surface area contributed by atoms with Crippen molar-refractivity contribution in [2.45, 2.75) is 23.4 Å². The summed E-state index contributed by atoms with van der Waals surface area (Å²) in [6.45, 7) is 3.67. The van der Waals surface area contributed by atoms with Crippen LogP contribution in [0.1, 0.15) is 12.6 Å². The van der Waals surface area contributed by atoms with Crippen LogP contribution >= 0.6 is 23.1 Å². The van der Waals surface area contributed by atoms with Crippen LogP contribution < -0.4 is 5.32 Å². The molecule has 8 heteroatoms. The minimum atomic E-state index is -0.494. The lowest BCUT2D eigenvalue weighted by molar-refractivity contribution is -0.384. The van der Waals surface area contributed by atoms with E-state index in [4.69, 9.17) is 0 Å². The van der Waals surface area contributed by atoms with Crippen LogP contribution in [0.15, 0.2) is 34.0 Å². The zero-order valence-corrected chi connectivity index (χ0v) is 13.0. The molecule has 1 aromatic heterocycles. The summed E-state index contributed by atoms with van der Waals surface area (Å²) in [6.07, 6.45) is 0. The van der Waals surface area contributed by atoms with Crippen molar-refractivity contribution in [1.29, 1.82) is 0 Å². The second-order valence-corrected chi connectivity index (χ2v) is 6.76. The first-order valence-corrected chi connectivity index (χ1v) is 7.86. The second-order valence-electron chi connectivity index (χ2n) is 4.31. The molecule has 2 rings (SSSR count). The third-order valence-corrected chi connectivity index (χ3v) is 4.76. The van der Waals surface area contributed by atoms with E-state index in [1.54, 1.807) is 13.0 Å². The maximum Gasteiger partial charge on any atom is 0.271 e. The van der Waals surface area contributed by atoms with Crippen LogP contribution in [0.5, 0.6) is 0 Å². The van der Waals surface area contributed by atoms with Gasteiger partial charge in [0, 0.05) is 28.9 Å². The van der Waals surface area contributed by atoms with E-state index in [-0.39, 0.29) is 16.8 Å². The lowest BCUT2D eigenvalue weighted by atomic mass is 10.2. The number of hydrogen-bond acceptors (Lipinski definition) is 6. The Balaban J connectivity index is 2.00. The van der Waals surface area contributed by atoms with Crippen molar-refractivity contribution in [1.82, 2.24) is 4.98 Å². The number of amides is 1. The number of rotatable bonds is 5. The predicted octanol–water partition coefficient (Wildman–Crippen LogP) is 3.48. The van der Waals surface area contributed by atoms with Gasteiger partial charge in [-0.15, -0.1) is 11.3 Å². The quantitative estimate of drug-likeness (QED) is 0.517. The fourth-order valence-electron chi connectivity index (χ4n) is 1.53. The Kier molecular flexibility index (Phi) is 4.92. The molecule has 21 heavy (non-hydrogen) atoms. The first-order valence-electron chi connectivity index (χ1n) is 6.10. The first-order chi connectivity index (χ1) is 9.95. The standard InChI is InChI=1S/C13H13N3O3S2/c1-8-7-20-13(14-8)21-9(2)12(17)15-10-4-3-5-11(6-10)16(18)19/h3-7,9H,1-2H3,(H,15,17)/t9-/m1/s1. The fraction of sp³-hybridized carbons (Fsp3) is 0.231. The molecule has 0 fully saturated rings. The van der Waals surface area contributed by atoms with Gasteiger partial charge in [-0.2, -0.15) is 0 Å². The molecule has 1 heterocycles. The number of nitrogens with one attached hydrogen (secondary N) is 1. The Bertz CT molecular complexity index is 672. The monoisotopic (exact) mass is 323 g/mol. The van der Waals surface area contributed by atoms with Gasteiger partial charge in [0.15, 0.2) is 4.34 Å². The number of hydrogen-bond donors (Lipinski definition) is 1. The minimum absolute atomic E-state index is 0.0522. The van der Waals surface area contributed by atoms with Gasteiger partial charge in [-0.1, -0.05) is 17.8 Å². The summed E-state index contributed by atoms with van der Waals surface area (Å²) in [5.41, 5.74) is 1.29. The summed E-state index contributed by atoms with van der Waals surface area (Å²) < 4.78 is 0.828. The van der Waals surface area contributed by atoms with Gasteiger partial charge in [-0.25, -0.2) is 4.98 Å². The van der Waals surface area contributed by atoms with E-state index in [9.17, 15) is 14.9 Å². The van der Waals surface area contributed by atoms with Crippen LogP contribution in [0.2, 0.25) is 0 Å². The first kappa shape index (κ1) is 15.5. The predicted molar refractivity (Wildman–Crippen MR) is 83.9 cm³/mol. The average Bonchev–Trinajstić information content (AvgIpc) is 2.84. The third-order valence-electron chi connectivity index (χ3n) is 2.57. The van der Waals surface area contributed by atoms with Crippen molar-refractivity contribution in [3.05, 3.63) is 45.5 Å². The molecule has 0 saturated carbocycles. The molecule has 0 spiro atoms. The number of aryl methyl sites for hydroxylation is 1. The molecule has 0 bridgehead atoms. The summed E-state index contributed by atoms with van der Waals surface area (Å²) in [7, 11) is 0. The molecule has 110 valence electrons. The maximum absolute atomic E-state index is 12.1. The van der Waals surface area contributed by atoms with E-state index >= 15 is 0 Å². The van der Waals surface area contributed by atoms with Crippen LogP contribution in [0, 0.1) is 17.0 Å². The molecule has 0 aliphatic heterocycles. The van der Waals surface area contributed by atoms with E-state index in [0.717, 1.165) is 10.0 Å². The zero-order valence-electron chi connectivity index (χ0n) is 11.4. The van der Waals surface area contributed by atoms with Gasteiger partial charge in [0.05, 0.1) is 10.2 Å². The summed E-state index contributed by atoms with van der Waals surface area (Å²) in [4.78, 5) is 26.6. The van der Waals surface area contributed by atoms with Gasteiger partial charge in [-0.3, -0.25) is 14.9 Å². The van der Waals surface area contributed by atoms with E-state index in [2.05, 4.69) is 10.3 Å². The number of non-ortho nitro benzene ring substituents is 1. The number of carbonyl (C=O) groups excluding carboxylic acids is 1. The van der Waals surface area contributed by atoms with Crippen molar-refractivity contribution >= 4 is 40.4 Å². The molecule has 1 atom stereocenters. The largest absolute Gasteiger partial charge is 0.325 e. The van der Waals surface area contributed by atoms with Crippen LogP contribution in [-0.2, 0) is 4.79 Å². The summed E-state index contributed by atoms with van der Waals surface area (Å²) in [6, 6.07) is 5.88. The lowest BCUT2D eigenvalue weighted by Gasteiger charge is -2.10. The van der Waals surface area contributed by atoms with Gasteiger partial charge < -0.3 is 5.32 Å². The fourth-order valence-corrected chi connectivity index (χ4v) is 3.52. The number of nitrogens with zero attached hydrogens (tertiary/aromatic N) is 2. The summed E-state index contributed by atoms with van der Waals surface area (Å²) >= 11 is 2.85. The lowest BCUT2D eigenvalue weighted by Crippen LogP contribution is -2.22. The van der Waals surface area contributed by atoms with Crippen molar-refractivity contribution in [2.75, 3.05) is 5.32 Å². The number of thiazole rings is 1. The summed E-state index contributed by atoms with van der Waals surface area (Å²) in [5.74, 6) is -0.214. The Hall–Kier alpha value is -1.93. The molecule has 1 N–H and O–H groups in total. The minimum Gasteiger partial charge on any atom is -0.325 e. The van der Waals surface area contributed by atoms with Gasteiger partial charge >= 0.3 is 0 Å². The Morgan fingerprint density at radius 2 is 2.29 bits per heavy atom. The molecule has 2 aromatic rings. The SMILES string of the molecule is Cc1csc(S[C@H](C)C(=O)Nc2cccc([N+](=O)[O-])c2)n1. The van der Waals surface area contributed by atoms with E-state index in [1.807, 2.05) is 12.3 Å². The molecule has 0 aliphatic carbocycles. The van der Waals surface area contributed by atoms with Crippen LogP contribution in [0.25, 0.3) is 0 Å². The number of thioether (sulfide) groups is 1. The van der Waals surface area contributed by atoms with Crippen molar-refractivity contribution in [3.8, 4) is 0 Å². The molecule has 1 amide bonds. The van der Waals surface area contributed by atoms with E-state index in [1.165, 1.54) is 41.3 Å². The number of nitro benzene ring substituents is 1. The molecule has 0 aliphatic rings. The molecule has 6 nitrogen and oxygen atoms in total. The molecule has 0 unspecified atom stereocenters. The number of carbonyl (C=O) groups is 1.